The molecule has 0 saturated heterocycles. The van der Waals surface area contributed by atoms with Gasteiger partial charge in [0.05, 0.1) is 26.2 Å². The van der Waals surface area contributed by atoms with Crippen molar-refractivity contribution in [1.29, 1.82) is 0 Å². The molecule has 0 rings (SSSR count). The van der Waals surface area contributed by atoms with Crippen molar-refractivity contribution >= 4 is 0 Å². The molecule has 0 aromatic rings. The highest BCUT2D eigenvalue weighted by atomic mass is 16.0. The summed E-state index contributed by atoms with van der Waals surface area (Å²) in [5.74, 6) is 0. The lowest BCUT2D eigenvalue weighted by Gasteiger charge is -2.39. The third-order valence-corrected chi connectivity index (χ3v) is 3.94. The first-order chi connectivity index (χ1) is 8.24. The van der Waals surface area contributed by atoms with E-state index in [4.69, 9.17) is 0 Å². The first-order valence-electron chi connectivity index (χ1n) is 8.09. The van der Waals surface area contributed by atoms with Gasteiger partial charge in [0.1, 0.15) is 0 Å². The Bertz CT molecular complexity index is 127. The number of hydrogen-bond donors (Lipinski definition) is 0. The second kappa shape index (κ2) is 13.4. The minimum atomic E-state index is 0. The summed E-state index contributed by atoms with van der Waals surface area (Å²) in [5, 5.41) is 0. The fourth-order valence-corrected chi connectivity index (χ4v) is 2.64. The van der Waals surface area contributed by atoms with Gasteiger partial charge in [-0.25, -0.2) is 0 Å². The minimum absolute atomic E-state index is 0. The Morgan fingerprint density at radius 1 is 0.556 bits per heavy atom. The average molecular weight is 259 g/mol. The summed E-state index contributed by atoms with van der Waals surface area (Å²) in [6.07, 6.45) is 11.1. The van der Waals surface area contributed by atoms with Gasteiger partial charge in [-0.1, -0.05) is 53.4 Å². The zero-order valence-electron chi connectivity index (χ0n) is 14.3. The van der Waals surface area contributed by atoms with Gasteiger partial charge in [-0.15, -0.1) is 0 Å². The molecule has 0 aromatic carbocycles. The first-order valence-corrected chi connectivity index (χ1v) is 8.09. The average Bonchev–Trinajstić information content (AvgIpc) is 2.37. The molecule has 112 valence electrons. The summed E-state index contributed by atoms with van der Waals surface area (Å²) in [7, 11) is 0. The fourth-order valence-electron chi connectivity index (χ4n) is 2.64. The second-order valence-electron chi connectivity index (χ2n) is 5.65. The summed E-state index contributed by atoms with van der Waals surface area (Å²) in [6.45, 7) is 15.0. The lowest BCUT2D eigenvalue weighted by atomic mass is 10.1. The van der Waals surface area contributed by atoms with Crippen LogP contribution in [0.15, 0.2) is 0 Å². The molecule has 0 bridgehead atoms. The Kier molecular flexibility index (Phi) is 15.0. The van der Waals surface area contributed by atoms with E-state index in [1.165, 1.54) is 82.0 Å². The number of rotatable bonds is 12. The summed E-state index contributed by atoms with van der Waals surface area (Å²) in [6, 6.07) is 0. The predicted octanol–water partition coefficient (Wildman–Crippen LogP) is 5.00. The van der Waals surface area contributed by atoms with Gasteiger partial charge >= 0.3 is 1.43 Å². The maximum absolute atomic E-state index is 2.33. The van der Waals surface area contributed by atoms with Crippen LogP contribution < -0.4 is 0 Å². The summed E-state index contributed by atoms with van der Waals surface area (Å²) < 4.78 is 1.42. The SMILES string of the molecule is CCCC[N+](CCCC)(CCCC)CCCC.[H+].[O-2]. The van der Waals surface area contributed by atoms with E-state index in [-0.39, 0.29) is 6.90 Å². The van der Waals surface area contributed by atoms with E-state index in [2.05, 4.69) is 27.7 Å². The fraction of sp³-hybridized carbons (Fsp3) is 1.00. The van der Waals surface area contributed by atoms with Crippen LogP contribution in [0, 0.1) is 0 Å². The zero-order valence-corrected chi connectivity index (χ0v) is 13.3. The summed E-state index contributed by atoms with van der Waals surface area (Å²) in [4.78, 5) is 0. The van der Waals surface area contributed by atoms with Crippen molar-refractivity contribution in [1.82, 2.24) is 0 Å². The van der Waals surface area contributed by atoms with Crippen molar-refractivity contribution in [3.63, 3.8) is 0 Å². The minimum Gasteiger partial charge on any atom is -2.00 e. The molecular formula is C16H37NO. The van der Waals surface area contributed by atoms with Crippen LogP contribution in [0.5, 0.6) is 0 Å². The van der Waals surface area contributed by atoms with Gasteiger partial charge in [-0.05, 0) is 25.7 Å². The molecule has 0 fully saturated rings. The standard InChI is InChI=1S/C16H36N.O/c1-5-9-13-17(14-10-6-2,15-11-7-3)16-12-8-4;/h5-16H2,1-4H3;/q+1;-2/p+1. The molecule has 0 amide bonds. The van der Waals surface area contributed by atoms with E-state index < -0.39 is 0 Å². The molecule has 0 atom stereocenters. The molecule has 2 heteroatoms. The van der Waals surface area contributed by atoms with Crippen LogP contribution in [0.4, 0.5) is 0 Å². The van der Waals surface area contributed by atoms with Crippen molar-refractivity contribution < 1.29 is 11.4 Å². The molecule has 0 aliphatic heterocycles. The van der Waals surface area contributed by atoms with E-state index in [0.717, 1.165) is 0 Å². The molecule has 0 saturated carbocycles. The predicted molar refractivity (Wildman–Crippen MR) is 81.2 cm³/mol. The van der Waals surface area contributed by atoms with Crippen LogP contribution in [0.1, 0.15) is 80.5 Å². The van der Waals surface area contributed by atoms with E-state index in [1.807, 2.05) is 0 Å². The molecule has 0 spiro atoms. The monoisotopic (exact) mass is 259 g/mol. The number of unbranched alkanes of at least 4 members (excludes halogenated alkanes) is 4. The molecule has 0 aliphatic rings. The van der Waals surface area contributed by atoms with E-state index in [9.17, 15) is 0 Å². The van der Waals surface area contributed by atoms with E-state index in [1.54, 1.807) is 0 Å². The van der Waals surface area contributed by atoms with E-state index >= 15 is 0 Å². The molecule has 0 aromatic heterocycles. The Labute approximate surface area is 117 Å². The van der Waals surface area contributed by atoms with E-state index in [0.29, 0.717) is 0 Å². The largest absolute Gasteiger partial charge is 2.00 e. The third-order valence-electron chi connectivity index (χ3n) is 3.94. The Morgan fingerprint density at radius 2 is 0.778 bits per heavy atom. The number of hydrogen-bond acceptors (Lipinski definition) is 0. The second-order valence-corrected chi connectivity index (χ2v) is 5.65. The van der Waals surface area contributed by atoms with Gasteiger partial charge in [0.15, 0.2) is 0 Å². The van der Waals surface area contributed by atoms with Crippen molar-refractivity contribution in [3.8, 4) is 0 Å². The molecule has 0 heterocycles. The van der Waals surface area contributed by atoms with Crippen LogP contribution in [0.2, 0.25) is 0 Å². The topological polar surface area (TPSA) is 28.5 Å². The summed E-state index contributed by atoms with van der Waals surface area (Å²) in [5.41, 5.74) is 0. The van der Waals surface area contributed by atoms with Crippen LogP contribution >= 0.6 is 0 Å². The molecular weight excluding hydrogens is 222 g/mol. The molecule has 0 unspecified atom stereocenters. The van der Waals surface area contributed by atoms with Crippen LogP contribution in [0.25, 0.3) is 0 Å². The Morgan fingerprint density at radius 3 is 0.944 bits per heavy atom. The Balaban J connectivity index is -0.00000128. The van der Waals surface area contributed by atoms with Gasteiger partial charge in [0.2, 0.25) is 0 Å². The molecule has 2 nitrogen and oxygen atoms in total. The smallest absolute Gasteiger partial charge is 1.00 e. The van der Waals surface area contributed by atoms with Crippen LogP contribution in [0.3, 0.4) is 0 Å². The number of quaternary nitrogens is 1. The molecule has 18 heavy (non-hydrogen) atoms. The Hall–Kier alpha value is -0.0800. The van der Waals surface area contributed by atoms with Gasteiger partial charge in [-0.3, -0.25) is 0 Å². The molecule has 0 radical (unpaired) electrons. The van der Waals surface area contributed by atoms with Crippen LogP contribution in [-0.4, -0.2) is 30.7 Å². The quantitative estimate of drug-likeness (QED) is 0.441. The van der Waals surface area contributed by atoms with Crippen LogP contribution in [-0.2, 0) is 5.48 Å². The third kappa shape index (κ3) is 8.93. The highest BCUT2D eigenvalue weighted by molar-refractivity contribution is 4.49. The van der Waals surface area contributed by atoms with Gasteiger partial charge < -0.3 is 9.96 Å². The molecule has 0 aliphatic carbocycles. The molecule has 0 N–H and O–H groups in total. The normalized spacial score (nSPS) is 11.3. The zero-order chi connectivity index (χ0) is 13.0. The lowest BCUT2D eigenvalue weighted by molar-refractivity contribution is -0.929. The highest BCUT2D eigenvalue weighted by Gasteiger charge is 2.24. The first kappa shape index (κ1) is 20.2. The van der Waals surface area contributed by atoms with Gasteiger partial charge in [-0.2, -0.15) is 0 Å². The number of nitrogens with zero attached hydrogens (tertiary/aromatic N) is 1. The van der Waals surface area contributed by atoms with Gasteiger partial charge in [0, 0.05) is 0 Å². The summed E-state index contributed by atoms with van der Waals surface area (Å²) >= 11 is 0. The highest BCUT2D eigenvalue weighted by Crippen LogP contribution is 2.16. The maximum Gasteiger partial charge on any atom is 1.00 e. The van der Waals surface area contributed by atoms with Crippen molar-refractivity contribution in [2.45, 2.75) is 79.1 Å². The van der Waals surface area contributed by atoms with Gasteiger partial charge in [0.25, 0.3) is 0 Å². The van der Waals surface area contributed by atoms with Crippen molar-refractivity contribution in [3.05, 3.63) is 0 Å². The maximum atomic E-state index is 2.33. The van der Waals surface area contributed by atoms with Crippen molar-refractivity contribution in [2.75, 3.05) is 26.2 Å². The lowest BCUT2D eigenvalue weighted by Crippen LogP contribution is -2.50. The van der Waals surface area contributed by atoms with Crippen molar-refractivity contribution in [2.24, 2.45) is 0 Å².